The molecule has 0 atom stereocenters. The topological polar surface area (TPSA) is 79.5 Å². The van der Waals surface area contributed by atoms with E-state index < -0.39 is 5.91 Å². The van der Waals surface area contributed by atoms with Gasteiger partial charge in [-0.15, -0.1) is 0 Å². The lowest BCUT2D eigenvalue weighted by Gasteiger charge is -2.34. The average molecular weight is 247 g/mol. The minimum absolute atomic E-state index is 0.0850. The lowest BCUT2D eigenvalue weighted by molar-refractivity contribution is -0.129. The van der Waals surface area contributed by atoms with Crippen molar-refractivity contribution in [2.75, 3.05) is 31.1 Å². The molecule has 2 amide bonds. The minimum atomic E-state index is -0.584. The molecule has 0 spiro atoms. The Morgan fingerprint density at radius 2 is 2.00 bits per heavy atom. The van der Waals surface area contributed by atoms with E-state index in [1.54, 1.807) is 24.0 Å². The summed E-state index contributed by atoms with van der Waals surface area (Å²) >= 11 is 0. The Hall–Kier alpha value is -2.11. The van der Waals surface area contributed by atoms with Gasteiger partial charge in [0.2, 0.25) is 5.91 Å². The monoisotopic (exact) mass is 247 g/mol. The Balaban J connectivity index is 2.07. The maximum absolute atomic E-state index is 11.2. The number of amides is 2. The van der Waals surface area contributed by atoms with Gasteiger partial charge in [0.1, 0.15) is 11.5 Å². The summed E-state index contributed by atoms with van der Waals surface area (Å²) in [5.41, 5.74) is 5.31. The number of carbonyl (C=O) groups excluding carboxylic acids is 2. The molecule has 1 aliphatic rings. The molecule has 1 aromatic heterocycles. The minimum Gasteiger partial charge on any atom is -0.364 e. The Morgan fingerprint density at radius 3 is 2.56 bits per heavy atom. The van der Waals surface area contributed by atoms with Gasteiger partial charge in [-0.1, -0.05) is 0 Å². The van der Waals surface area contributed by atoms with Gasteiger partial charge < -0.3 is 15.5 Å². The van der Waals surface area contributed by atoms with Crippen LogP contribution < -0.4 is 10.6 Å². The van der Waals surface area contributed by atoms with E-state index in [9.17, 15) is 9.59 Å². The summed E-state index contributed by atoms with van der Waals surface area (Å²) in [5.74, 6) is 0.201. The molecule has 2 rings (SSSR count). The first-order valence-electron chi connectivity index (χ1n) is 5.77. The van der Waals surface area contributed by atoms with Gasteiger partial charge in [-0.2, -0.15) is 0 Å². The second-order valence-electron chi connectivity index (χ2n) is 4.15. The van der Waals surface area contributed by atoms with Crippen LogP contribution in [0.15, 0.2) is 12.1 Å². The number of primary amides is 1. The van der Waals surface area contributed by atoms with E-state index in [1.165, 1.54) is 0 Å². The van der Waals surface area contributed by atoms with Gasteiger partial charge in [0.15, 0.2) is 0 Å². The molecule has 1 aromatic rings. The Kier molecular flexibility index (Phi) is 3.45. The lowest BCUT2D eigenvalue weighted by Crippen LogP contribution is -2.48. The zero-order chi connectivity index (χ0) is 13.1. The van der Waals surface area contributed by atoms with Gasteiger partial charge in [-0.3, -0.25) is 9.59 Å². The number of rotatable bonds is 2. The Labute approximate surface area is 105 Å². The van der Waals surface area contributed by atoms with E-state index in [4.69, 9.17) is 5.73 Å². The Morgan fingerprint density at radius 1 is 1.33 bits per heavy atom. The SMILES string of the molecule is CC(=O)N1CCN(c2cc[c]c(C(N)=O)n2)CC1. The number of pyridine rings is 1. The number of piperazine rings is 1. The van der Waals surface area contributed by atoms with Crippen molar-refractivity contribution in [2.45, 2.75) is 6.92 Å². The van der Waals surface area contributed by atoms with Crippen molar-refractivity contribution in [3.8, 4) is 0 Å². The van der Waals surface area contributed by atoms with Crippen molar-refractivity contribution >= 4 is 17.6 Å². The van der Waals surface area contributed by atoms with Crippen LogP contribution in [0.25, 0.3) is 0 Å². The maximum atomic E-state index is 11.2. The third-order valence-electron chi connectivity index (χ3n) is 2.96. The van der Waals surface area contributed by atoms with Gasteiger partial charge in [0.25, 0.3) is 5.91 Å². The molecule has 1 radical (unpaired) electrons. The number of hydrogen-bond acceptors (Lipinski definition) is 4. The summed E-state index contributed by atoms with van der Waals surface area (Å²) in [5, 5.41) is 0. The second kappa shape index (κ2) is 5.03. The summed E-state index contributed by atoms with van der Waals surface area (Å²) in [6.45, 7) is 4.31. The summed E-state index contributed by atoms with van der Waals surface area (Å²) in [6.07, 6.45) is 0. The molecular weight excluding hydrogens is 232 g/mol. The highest BCUT2D eigenvalue weighted by Crippen LogP contribution is 2.13. The quantitative estimate of drug-likeness (QED) is 0.774. The summed E-state index contributed by atoms with van der Waals surface area (Å²) in [6, 6.07) is 6.12. The number of nitrogens with two attached hydrogens (primary N) is 1. The fourth-order valence-electron chi connectivity index (χ4n) is 1.93. The second-order valence-corrected chi connectivity index (χ2v) is 4.15. The van der Waals surface area contributed by atoms with Crippen molar-refractivity contribution in [1.29, 1.82) is 0 Å². The largest absolute Gasteiger partial charge is 0.364 e. The normalized spacial score (nSPS) is 15.6. The number of hydrogen-bond donors (Lipinski definition) is 1. The van der Waals surface area contributed by atoms with Crippen LogP contribution in [-0.2, 0) is 4.79 Å². The van der Waals surface area contributed by atoms with E-state index in [0.717, 1.165) is 0 Å². The zero-order valence-corrected chi connectivity index (χ0v) is 10.2. The molecule has 0 unspecified atom stereocenters. The van der Waals surface area contributed by atoms with Crippen molar-refractivity contribution in [3.63, 3.8) is 0 Å². The third kappa shape index (κ3) is 2.58. The van der Waals surface area contributed by atoms with Crippen LogP contribution in [0.1, 0.15) is 17.4 Å². The summed E-state index contributed by atoms with van der Waals surface area (Å²) < 4.78 is 0. The molecule has 0 aliphatic carbocycles. The molecule has 2 heterocycles. The van der Waals surface area contributed by atoms with Gasteiger partial charge in [0, 0.05) is 39.2 Å². The number of anilines is 1. The molecule has 1 fully saturated rings. The molecule has 95 valence electrons. The lowest BCUT2D eigenvalue weighted by atomic mass is 10.3. The zero-order valence-electron chi connectivity index (χ0n) is 10.2. The van der Waals surface area contributed by atoms with Crippen LogP contribution in [0.2, 0.25) is 0 Å². The highest BCUT2D eigenvalue weighted by Gasteiger charge is 2.19. The van der Waals surface area contributed by atoms with Gasteiger partial charge in [-0.05, 0) is 12.1 Å². The molecule has 0 bridgehead atoms. The van der Waals surface area contributed by atoms with Crippen molar-refractivity contribution < 1.29 is 9.59 Å². The molecule has 2 N–H and O–H groups in total. The summed E-state index contributed by atoms with van der Waals surface area (Å²) in [4.78, 5) is 30.2. The predicted octanol–water partition coefficient (Wildman–Crippen LogP) is -0.351. The third-order valence-corrected chi connectivity index (χ3v) is 2.96. The smallest absolute Gasteiger partial charge is 0.268 e. The van der Waals surface area contributed by atoms with Crippen molar-refractivity contribution in [2.24, 2.45) is 5.73 Å². The molecule has 6 heteroatoms. The van der Waals surface area contributed by atoms with E-state index in [0.29, 0.717) is 32.0 Å². The molecule has 1 saturated heterocycles. The van der Waals surface area contributed by atoms with E-state index in [1.807, 2.05) is 4.90 Å². The number of aromatic nitrogens is 1. The first-order valence-corrected chi connectivity index (χ1v) is 5.77. The van der Waals surface area contributed by atoms with Crippen molar-refractivity contribution in [1.82, 2.24) is 9.88 Å². The van der Waals surface area contributed by atoms with Crippen LogP contribution in [0, 0.1) is 6.07 Å². The number of nitrogens with zero attached hydrogens (tertiary/aromatic N) is 3. The van der Waals surface area contributed by atoms with Crippen LogP contribution in [0.3, 0.4) is 0 Å². The Bertz CT molecular complexity index is 467. The van der Waals surface area contributed by atoms with Crippen LogP contribution >= 0.6 is 0 Å². The molecule has 0 aromatic carbocycles. The first-order chi connectivity index (χ1) is 8.58. The van der Waals surface area contributed by atoms with E-state index in [-0.39, 0.29) is 11.6 Å². The van der Waals surface area contributed by atoms with Crippen LogP contribution in [-0.4, -0.2) is 47.9 Å². The van der Waals surface area contributed by atoms with Gasteiger partial charge in [-0.25, -0.2) is 4.98 Å². The molecule has 6 nitrogen and oxygen atoms in total. The molecular formula is C12H15N4O2. The van der Waals surface area contributed by atoms with E-state index >= 15 is 0 Å². The summed E-state index contributed by atoms with van der Waals surface area (Å²) in [7, 11) is 0. The van der Waals surface area contributed by atoms with Gasteiger partial charge in [0.05, 0.1) is 0 Å². The predicted molar refractivity (Wildman–Crippen MR) is 66.1 cm³/mol. The molecule has 1 aliphatic heterocycles. The number of carbonyl (C=O) groups is 2. The van der Waals surface area contributed by atoms with Crippen LogP contribution in [0.5, 0.6) is 0 Å². The van der Waals surface area contributed by atoms with Crippen molar-refractivity contribution in [3.05, 3.63) is 23.9 Å². The molecule has 0 saturated carbocycles. The van der Waals surface area contributed by atoms with E-state index in [2.05, 4.69) is 11.1 Å². The van der Waals surface area contributed by atoms with Crippen LogP contribution in [0.4, 0.5) is 5.82 Å². The fourth-order valence-corrected chi connectivity index (χ4v) is 1.93. The fraction of sp³-hybridized carbons (Fsp3) is 0.417. The standard InChI is InChI=1S/C12H15N4O2/c1-9(17)15-5-7-16(8-6-15)11-4-2-3-10(14-11)12(13)18/h2,4H,5-8H2,1H3,(H2,13,18). The van der Waals surface area contributed by atoms with Gasteiger partial charge >= 0.3 is 0 Å². The highest BCUT2D eigenvalue weighted by atomic mass is 16.2. The highest BCUT2D eigenvalue weighted by molar-refractivity contribution is 5.90. The first kappa shape index (κ1) is 12.3. The molecule has 18 heavy (non-hydrogen) atoms. The average Bonchev–Trinajstić information content (AvgIpc) is 2.39. The maximum Gasteiger partial charge on any atom is 0.268 e.